The van der Waals surface area contributed by atoms with Crippen LogP contribution in [0.1, 0.15) is 22.3 Å². The van der Waals surface area contributed by atoms with Crippen molar-refractivity contribution in [1.82, 2.24) is 0 Å². The number of hydrogen-bond donors (Lipinski definition) is 0. The first kappa shape index (κ1) is 27.3. The number of benzene rings is 4. The number of methoxy groups -OCH3 is 2. The van der Waals surface area contributed by atoms with E-state index in [2.05, 4.69) is 0 Å². The molecule has 9 heteroatoms. The van der Waals surface area contributed by atoms with Gasteiger partial charge >= 0.3 is 17.4 Å². The fourth-order valence-electron chi connectivity index (χ4n) is 4.59. The van der Waals surface area contributed by atoms with Gasteiger partial charge in [-0.1, -0.05) is 84.9 Å². The van der Waals surface area contributed by atoms with Crippen molar-refractivity contribution in [3.8, 4) is 11.5 Å². The molecule has 0 fully saturated rings. The van der Waals surface area contributed by atoms with E-state index in [1.165, 1.54) is 14.2 Å². The van der Waals surface area contributed by atoms with Crippen molar-refractivity contribution in [3.63, 3.8) is 0 Å². The van der Waals surface area contributed by atoms with Crippen LogP contribution in [-0.2, 0) is 34.2 Å². The molecule has 192 valence electrons. The molecule has 4 atom stereocenters. The van der Waals surface area contributed by atoms with Gasteiger partial charge in [-0.15, -0.1) is 9.05 Å². The molecule has 0 saturated carbocycles. The first-order valence-corrected chi connectivity index (χ1v) is 13.3. The molecule has 0 aliphatic carbocycles. The molecule has 0 aromatic heterocycles. The highest BCUT2D eigenvalue weighted by molar-refractivity contribution is 7.17. The molecule has 4 unspecified atom stereocenters. The van der Waals surface area contributed by atoms with Gasteiger partial charge in [-0.3, -0.25) is 4.79 Å². The number of ether oxygens (including phenoxy) is 2. The van der Waals surface area contributed by atoms with E-state index in [9.17, 15) is 9.13 Å². The first-order valence-electron chi connectivity index (χ1n) is 11.6. The fourth-order valence-corrected chi connectivity index (χ4v) is 5.50. The maximum absolute atomic E-state index is 15.3. The summed E-state index contributed by atoms with van der Waals surface area (Å²) < 4.78 is 47.4. The summed E-state index contributed by atoms with van der Waals surface area (Å²) in [6, 6.07) is 31.0. The average molecular weight is 548 g/mol. The average Bonchev–Trinajstić information content (AvgIpc) is 2.99. The second-order valence-electron chi connectivity index (χ2n) is 8.26. The fraction of sp³-hybridized carbons (Fsp3) is 0.138. The number of rotatable bonds is 12. The normalized spacial score (nSPS) is 14.4. The topological polar surface area (TPSA) is 88.1 Å². The van der Waals surface area contributed by atoms with Gasteiger partial charge in [0.15, 0.2) is 0 Å². The Labute approximate surface area is 223 Å². The molecule has 4 aromatic rings. The van der Waals surface area contributed by atoms with Gasteiger partial charge in [-0.2, -0.15) is 0 Å². The molecule has 0 amide bonds. The van der Waals surface area contributed by atoms with Gasteiger partial charge in [0.05, 0.1) is 14.2 Å². The lowest BCUT2D eigenvalue weighted by atomic mass is 9.71. The van der Waals surface area contributed by atoms with Crippen molar-refractivity contribution in [2.75, 3.05) is 14.2 Å². The molecule has 0 radical (unpaired) electrons. The molecule has 0 heterocycles. The van der Waals surface area contributed by atoms with Crippen LogP contribution in [0.5, 0.6) is 11.5 Å². The largest absolute Gasteiger partial charge is 0.497 e. The van der Waals surface area contributed by atoms with Gasteiger partial charge < -0.3 is 9.47 Å². The highest BCUT2D eigenvalue weighted by atomic mass is 31.1. The SMILES string of the molecule is COc1cccc(C(O[PH+]=O)(C(=O)C(O[PH+]=O)(c2ccccc2)c2cccc(OC)c2)c2ccccc2)c1. The van der Waals surface area contributed by atoms with E-state index in [0.29, 0.717) is 33.8 Å². The van der Waals surface area contributed by atoms with Crippen LogP contribution in [0, 0.1) is 0 Å². The minimum Gasteiger partial charge on any atom is -0.497 e. The minimum absolute atomic E-state index is 0.359. The van der Waals surface area contributed by atoms with Gasteiger partial charge in [0.2, 0.25) is 17.0 Å². The predicted molar refractivity (Wildman–Crippen MR) is 146 cm³/mol. The van der Waals surface area contributed by atoms with Crippen molar-refractivity contribution in [1.29, 1.82) is 0 Å². The second-order valence-corrected chi connectivity index (χ2v) is 9.00. The second kappa shape index (κ2) is 12.2. The van der Waals surface area contributed by atoms with Crippen LogP contribution in [0.2, 0.25) is 0 Å². The minimum atomic E-state index is -1.95. The number of carbonyl (C=O) groups excluding carboxylic acids is 1. The van der Waals surface area contributed by atoms with E-state index >= 15 is 4.79 Å². The summed E-state index contributed by atoms with van der Waals surface area (Å²) in [5.74, 6) is 0.272. The lowest BCUT2D eigenvalue weighted by molar-refractivity contribution is -0.145. The van der Waals surface area contributed by atoms with E-state index in [1.807, 2.05) is 0 Å². The van der Waals surface area contributed by atoms with Crippen molar-refractivity contribution < 1.29 is 32.4 Å². The summed E-state index contributed by atoms with van der Waals surface area (Å²) in [4.78, 5) is 15.3. The molecular weight excluding hydrogens is 522 g/mol. The Morgan fingerprint density at radius 2 is 0.921 bits per heavy atom. The molecule has 0 aliphatic heterocycles. The van der Waals surface area contributed by atoms with E-state index in [1.54, 1.807) is 109 Å². The van der Waals surface area contributed by atoms with Crippen LogP contribution in [0.25, 0.3) is 0 Å². The maximum atomic E-state index is 15.3. The van der Waals surface area contributed by atoms with Gasteiger partial charge in [0.25, 0.3) is 0 Å². The molecule has 4 rings (SSSR count). The summed E-state index contributed by atoms with van der Waals surface area (Å²) in [6.07, 6.45) is 0. The number of hydrogen-bond acceptors (Lipinski definition) is 7. The van der Waals surface area contributed by atoms with Crippen LogP contribution in [0.3, 0.4) is 0 Å². The Morgan fingerprint density at radius 3 is 1.26 bits per heavy atom. The Bertz CT molecular complexity index is 1310. The third kappa shape index (κ3) is 4.90. The van der Waals surface area contributed by atoms with Gasteiger partial charge in [0, 0.05) is 22.3 Å². The van der Waals surface area contributed by atoms with Crippen molar-refractivity contribution >= 4 is 23.2 Å². The van der Waals surface area contributed by atoms with Crippen molar-refractivity contribution in [2.45, 2.75) is 11.2 Å². The summed E-state index contributed by atoms with van der Waals surface area (Å²) >= 11 is 0. The Balaban J connectivity index is 2.15. The quantitative estimate of drug-likeness (QED) is 0.190. The third-order valence-electron chi connectivity index (χ3n) is 6.34. The van der Waals surface area contributed by atoms with E-state index in [4.69, 9.17) is 18.5 Å². The highest BCUT2D eigenvalue weighted by Gasteiger charge is 2.61. The maximum Gasteiger partial charge on any atom is 0.495 e. The zero-order valence-electron chi connectivity index (χ0n) is 20.8. The van der Waals surface area contributed by atoms with E-state index < -0.39 is 34.4 Å². The van der Waals surface area contributed by atoms with Gasteiger partial charge in [0.1, 0.15) is 11.5 Å². The summed E-state index contributed by atoms with van der Waals surface area (Å²) in [5.41, 5.74) is -2.37. The van der Waals surface area contributed by atoms with Gasteiger partial charge in [-0.05, 0) is 33.4 Å². The van der Waals surface area contributed by atoms with Crippen molar-refractivity contribution in [3.05, 3.63) is 131 Å². The molecule has 0 saturated heterocycles. The summed E-state index contributed by atoms with van der Waals surface area (Å²) in [7, 11) is 0.369. The van der Waals surface area contributed by atoms with E-state index in [0.717, 1.165) is 0 Å². The smallest absolute Gasteiger partial charge is 0.495 e. The summed E-state index contributed by atoms with van der Waals surface area (Å²) in [5, 5.41) is 0. The van der Waals surface area contributed by atoms with Crippen LogP contribution in [-0.4, -0.2) is 20.0 Å². The third-order valence-corrected chi connectivity index (χ3v) is 7.12. The van der Waals surface area contributed by atoms with E-state index in [-0.39, 0.29) is 0 Å². The molecule has 0 N–H and O–H groups in total. The molecule has 0 spiro atoms. The molecule has 4 aromatic carbocycles. The zero-order valence-corrected chi connectivity index (χ0v) is 22.8. The number of carbonyl (C=O) groups is 1. The number of Topliss-reactive ketones (excluding diaryl/α,β-unsaturated/α-hetero) is 1. The van der Waals surface area contributed by atoms with Gasteiger partial charge in [-0.25, -0.2) is 0 Å². The van der Waals surface area contributed by atoms with Crippen LogP contribution >= 0.6 is 17.4 Å². The highest BCUT2D eigenvalue weighted by Crippen LogP contribution is 2.49. The molecule has 0 bridgehead atoms. The lowest BCUT2D eigenvalue weighted by Gasteiger charge is -2.36. The Hall–Kier alpha value is -3.73. The summed E-state index contributed by atoms with van der Waals surface area (Å²) in [6.45, 7) is 0. The molecular formula is C29H26O7P2+2. The monoisotopic (exact) mass is 548 g/mol. The van der Waals surface area contributed by atoms with Crippen LogP contribution < -0.4 is 9.47 Å². The first-order chi connectivity index (χ1) is 18.6. The predicted octanol–water partition coefficient (Wildman–Crippen LogP) is 6.37. The molecule has 0 aliphatic rings. The molecule has 38 heavy (non-hydrogen) atoms. The Morgan fingerprint density at radius 1 is 0.553 bits per heavy atom. The lowest BCUT2D eigenvalue weighted by Crippen LogP contribution is -2.51. The Kier molecular flexibility index (Phi) is 8.77. The number of ketones is 1. The van der Waals surface area contributed by atoms with Crippen LogP contribution in [0.4, 0.5) is 0 Å². The standard InChI is InChI=1S/C29H26O7P2/c1-33-25-17-9-15-23(19-25)28(35-37-31,21-11-5-3-6-12-21)27(30)29(36-38-32,22-13-7-4-8-14-22)24-16-10-18-26(20-24)34-2/h3-20,37-38H,1-2H3/q+2. The van der Waals surface area contributed by atoms with Crippen molar-refractivity contribution in [2.24, 2.45) is 0 Å². The zero-order chi connectivity index (χ0) is 27.0. The van der Waals surface area contributed by atoms with Crippen LogP contribution in [0.15, 0.2) is 109 Å². The molecule has 7 nitrogen and oxygen atoms in total.